The van der Waals surface area contributed by atoms with Gasteiger partial charge in [-0.2, -0.15) is 0 Å². The van der Waals surface area contributed by atoms with Gasteiger partial charge < -0.3 is 14.7 Å². The van der Waals surface area contributed by atoms with Gasteiger partial charge in [0.15, 0.2) is 0 Å². The van der Waals surface area contributed by atoms with E-state index in [9.17, 15) is 9.90 Å². The normalized spacial score (nSPS) is 21.4. The van der Waals surface area contributed by atoms with Gasteiger partial charge in [0.05, 0.1) is 36.6 Å². The Labute approximate surface area is 139 Å². The number of carbonyl (C=O) groups excluding carboxylic acids is 1. The number of ether oxygens (including phenoxy) is 1. The first-order chi connectivity index (χ1) is 11.2. The molecule has 0 saturated carbocycles. The summed E-state index contributed by atoms with van der Waals surface area (Å²) in [5.74, 6) is -0.0314. The first kappa shape index (κ1) is 16.1. The Balaban J connectivity index is 1.70. The summed E-state index contributed by atoms with van der Waals surface area (Å²) >= 11 is 1.43. The van der Waals surface area contributed by atoms with Crippen molar-refractivity contribution in [1.82, 2.24) is 9.88 Å². The number of hydrogen-bond acceptors (Lipinski definition) is 5. The van der Waals surface area contributed by atoms with Gasteiger partial charge in [0, 0.05) is 13.0 Å². The van der Waals surface area contributed by atoms with Crippen molar-refractivity contribution in [3.63, 3.8) is 0 Å². The largest absolute Gasteiger partial charge is 0.394 e. The van der Waals surface area contributed by atoms with Crippen molar-refractivity contribution in [2.24, 2.45) is 0 Å². The quantitative estimate of drug-likeness (QED) is 0.930. The molecule has 1 aliphatic rings. The lowest BCUT2D eigenvalue weighted by molar-refractivity contribution is -0.0666. The third-order valence-electron chi connectivity index (χ3n) is 3.93. The summed E-state index contributed by atoms with van der Waals surface area (Å²) in [6, 6.07) is 10.1. The van der Waals surface area contributed by atoms with Crippen molar-refractivity contribution in [1.29, 1.82) is 0 Å². The van der Waals surface area contributed by atoms with Crippen molar-refractivity contribution in [2.45, 2.75) is 25.5 Å². The van der Waals surface area contributed by atoms with Crippen molar-refractivity contribution in [2.75, 3.05) is 19.8 Å². The van der Waals surface area contributed by atoms with Crippen molar-refractivity contribution < 1.29 is 14.6 Å². The Morgan fingerprint density at radius 3 is 2.96 bits per heavy atom. The maximum absolute atomic E-state index is 12.7. The van der Waals surface area contributed by atoms with Crippen LogP contribution < -0.4 is 0 Å². The molecular weight excluding hydrogens is 312 g/mol. The third kappa shape index (κ3) is 3.77. The molecule has 5 nitrogen and oxygen atoms in total. The van der Waals surface area contributed by atoms with Crippen LogP contribution in [0, 0.1) is 0 Å². The van der Waals surface area contributed by atoms with Crippen LogP contribution >= 0.6 is 11.3 Å². The molecule has 0 bridgehead atoms. The monoisotopic (exact) mass is 332 g/mol. The average Bonchev–Trinajstić information content (AvgIpc) is 3.04. The highest BCUT2D eigenvalue weighted by Crippen LogP contribution is 2.21. The first-order valence-electron chi connectivity index (χ1n) is 7.69. The highest BCUT2D eigenvalue weighted by atomic mass is 32.1. The van der Waals surface area contributed by atoms with E-state index < -0.39 is 0 Å². The number of aliphatic hydroxyl groups is 1. The smallest absolute Gasteiger partial charge is 0.265 e. The molecule has 2 heterocycles. The topological polar surface area (TPSA) is 62.7 Å². The molecule has 2 unspecified atom stereocenters. The fraction of sp³-hybridized carbons (Fsp3) is 0.412. The Kier molecular flexibility index (Phi) is 5.05. The number of nitrogens with zero attached hydrogens (tertiary/aromatic N) is 2. The minimum absolute atomic E-state index is 0.00460. The Morgan fingerprint density at radius 1 is 1.43 bits per heavy atom. The molecule has 6 heteroatoms. The summed E-state index contributed by atoms with van der Waals surface area (Å²) in [6.45, 7) is 2.75. The molecule has 0 radical (unpaired) electrons. The SMILES string of the molecule is CC1COC(CO)CN1C(=O)c1cnc(Cc2ccccc2)s1. The second-order valence-corrected chi connectivity index (χ2v) is 6.84. The lowest BCUT2D eigenvalue weighted by atomic mass is 10.2. The lowest BCUT2D eigenvalue weighted by Gasteiger charge is -2.37. The standard InChI is InChI=1S/C17H20N2O3S/c1-12-11-22-14(10-20)9-19(12)17(21)15-8-18-16(23-15)7-13-5-3-2-4-6-13/h2-6,8,12,14,20H,7,9-11H2,1H3. The highest BCUT2D eigenvalue weighted by molar-refractivity contribution is 7.13. The van der Waals surface area contributed by atoms with Gasteiger partial charge in [0.1, 0.15) is 4.88 Å². The summed E-state index contributed by atoms with van der Waals surface area (Å²) in [5.41, 5.74) is 1.18. The van der Waals surface area contributed by atoms with Crippen molar-refractivity contribution in [3.05, 3.63) is 52.0 Å². The average molecular weight is 332 g/mol. The van der Waals surface area contributed by atoms with Crippen LogP contribution in [-0.4, -0.2) is 52.8 Å². The van der Waals surface area contributed by atoms with Crippen LogP contribution in [0.3, 0.4) is 0 Å². The van der Waals surface area contributed by atoms with Gasteiger partial charge in [-0.05, 0) is 12.5 Å². The van der Waals surface area contributed by atoms with E-state index >= 15 is 0 Å². The van der Waals surface area contributed by atoms with E-state index in [2.05, 4.69) is 17.1 Å². The number of morpholine rings is 1. The summed E-state index contributed by atoms with van der Waals surface area (Å²) in [6.07, 6.45) is 2.09. The molecule has 3 rings (SSSR count). The third-order valence-corrected chi connectivity index (χ3v) is 4.92. The van der Waals surface area contributed by atoms with E-state index in [4.69, 9.17) is 4.74 Å². The number of rotatable bonds is 4. The molecule has 0 aliphatic carbocycles. The molecule has 23 heavy (non-hydrogen) atoms. The Hall–Kier alpha value is -1.76. The summed E-state index contributed by atoms with van der Waals surface area (Å²) in [5, 5.41) is 10.2. The molecule has 122 valence electrons. The Bertz CT molecular complexity index is 659. The second-order valence-electron chi connectivity index (χ2n) is 5.73. The van der Waals surface area contributed by atoms with Crippen LogP contribution in [0.15, 0.2) is 36.5 Å². The van der Waals surface area contributed by atoms with Gasteiger partial charge >= 0.3 is 0 Å². The number of carbonyl (C=O) groups is 1. The van der Waals surface area contributed by atoms with Crippen molar-refractivity contribution in [3.8, 4) is 0 Å². The van der Waals surface area contributed by atoms with Gasteiger partial charge in [0.25, 0.3) is 5.91 Å². The zero-order chi connectivity index (χ0) is 16.2. The summed E-state index contributed by atoms with van der Waals surface area (Å²) in [7, 11) is 0. The summed E-state index contributed by atoms with van der Waals surface area (Å²) < 4.78 is 5.48. The van der Waals surface area contributed by atoms with Crippen LogP contribution in [0.2, 0.25) is 0 Å². The van der Waals surface area contributed by atoms with Gasteiger partial charge in [-0.25, -0.2) is 4.98 Å². The fourth-order valence-electron chi connectivity index (χ4n) is 2.61. The van der Waals surface area contributed by atoms with E-state index in [1.807, 2.05) is 25.1 Å². The van der Waals surface area contributed by atoms with E-state index in [1.54, 1.807) is 11.1 Å². The van der Waals surface area contributed by atoms with Crippen LogP contribution in [0.5, 0.6) is 0 Å². The molecule has 2 atom stereocenters. The first-order valence-corrected chi connectivity index (χ1v) is 8.51. The zero-order valence-corrected chi connectivity index (χ0v) is 13.8. The summed E-state index contributed by atoms with van der Waals surface area (Å²) in [4.78, 5) is 19.5. The lowest BCUT2D eigenvalue weighted by Crippen LogP contribution is -2.51. The van der Waals surface area contributed by atoms with E-state index in [0.717, 1.165) is 11.4 Å². The molecule has 2 aromatic rings. The Morgan fingerprint density at radius 2 is 2.22 bits per heavy atom. The van der Waals surface area contributed by atoms with Gasteiger partial charge in [-0.1, -0.05) is 30.3 Å². The van der Waals surface area contributed by atoms with E-state index in [1.165, 1.54) is 16.9 Å². The zero-order valence-electron chi connectivity index (χ0n) is 13.0. The number of amides is 1. The van der Waals surface area contributed by atoms with Crippen LogP contribution in [0.1, 0.15) is 27.2 Å². The fourth-order valence-corrected chi connectivity index (χ4v) is 3.52. The predicted octanol–water partition coefficient (Wildman–Crippen LogP) is 1.96. The number of thiazole rings is 1. The molecule has 1 fully saturated rings. The number of hydrogen-bond donors (Lipinski definition) is 1. The number of aliphatic hydroxyl groups excluding tert-OH is 1. The molecular formula is C17H20N2O3S. The van der Waals surface area contributed by atoms with E-state index in [0.29, 0.717) is 18.0 Å². The van der Waals surface area contributed by atoms with Gasteiger partial charge in [-0.15, -0.1) is 11.3 Å². The molecule has 1 N–H and O–H groups in total. The molecule has 1 amide bonds. The molecule has 1 saturated heterocycles. The number of aromatic nitrogens is 1. The minimum Gasteiger partial charge on any atom is -0.394 e. The highest BCUT2D eigenvalue weighted by Gasteiger charge is 2.30. The van der Waals surface area contributed by atoms with Crippen molar-refractivity contribution >= 4 is 17.2 Å². The van der Waals surface area contributed by atoms with Crippen LogP contribution in [0.4, 0.5) is 0 Å². The van der Waals surface area contributed by atoms with Crippen LogP contribution in [0.25, 0.3) is 0 Å². The molecule has 0 spiro atoms. The number of benzene rings is 1. The predicted molar refractivity (Wildman–Crippen MR) is 88.7 cm³/mol. The van der Waals surface area contributed by atoms with E-state index in [-0.39, 0.29) is 24.7 Å². The second kappa shape index (κ2) is 7.21. The van der Waals surface area contributed by atoms with Gasteiger partial charge in [-0.3, -0.25) is 4.79 Å². The molecule has 1 aromatic heterocycles. The maximum atomic E-state index is 12.7. The molecule has 1 aromatic carbocycles. The molecule has 1 aliphatic heterocycles. The maximum Gasteiger partial charge on any atom is 0.265 e. The van der Waals surface area contributed by atoms with Crippen LogP contribution in [-0.2, 0) is 11.2 Å². The van der Waals surface area contributed by atoms with Gasteiger partial charge in [0.2, 0.25) is 0 Å². The minimum atomic E-state index is -0.299.